The summed E-state index contributed by atoms with van der Waals surface area (Å²) in [4.78, 5) is 11.4. The number of carbonyl (C=O) groups excluding carboxylic acids is 1. The van der Waals surface area contributed by atoms with E-state index in [-0.39, 0.29) is 11.6 Å². The maximum atomic E-state index is 13.0. The van der Waals surface area contributed by atoms with Crippen molar-refractivity contribution in [1.29, 1.82) is 0 Å². The summed E-state index contributed by atoms with van der Waals surface area (Å²) in [6.07, 6.45) is 2.59. The summed E-state index contributed by atoms with van der Waals surface area (Å²) in [5.41, 5.74) is 0.671. The normalized spacial score (nSPS) is 10.9. The Morgan fingerprint density at radius 3 is 2.88 bits per heavy atom. The van der Waals surface area contributed by atoms with Gasteiger partial charge in [0.15, 0.2) is 0 Å². The molecule has 0 saturated carbocycles. The van der Waals surface area contributed by atoms with E-state index in [0.717, 1.165) is 17.6 Å². The summed E-state index contributed by atoms with van der Waals surface area (Å²) < 4.78 is 18.5. The number of halogens is 1. The van der Waals surface area contributed by atoms with E-state index in [0.29, 0.717) is 24.8 Å². The predicted octanol–water partition coefficient (Wildman–Crippen LogP) is 3.87. The van der Waals surface area contributed by atoms with Crippen LogP contribution in [0.25, 0.3) is 11.0 Å². The standard InChI is InChI=1S/C14H15FO2/c1-2-3-12(16)5-6-13-9-10-8-11(15)4-7-14(10)17-13/h4,7-9H,2-3,5-6H2,1H3. The van der Waals surface area contributed by atoms with Gasteiger partial charge in [0, 0.05) is 24.6 Å². The van der Waals surface area contributed by atoms with Crippen molar-refractivity contribution in [2.75, 3.05) is 0 Å². The maximum Gasteiger partial charge on any atom is 0.134 e. The Bertz CT molecular complexity index is 528. The van der Waals surface area contributed by atoms with Gasteiger partial charge in [0.2, 0.25) is 0 Å². The first kappa shape index (κ1) is 11.8. The van der Waals surface area contributed by atoms with Crippen molar-refractivity contribution >= 4 is 16.8 Å². The number of Topliss-reactive ketones (excluding diaryl/α,β-unsaturated/α-hetero) is 1. The molecule has 0 bridgehead atoms. The lowest BCUT2D eigenvalue weighted by Gasteiger charge is -1.95. The number of hydrogen-bond acceptors (Lipinski definition) is 2. The van der Waals surface area contributed by atoms with E-state index in [1.165, 1.54) is 12.1 Å². The molecule has 2 nitrogen and oxygen atoms in total. The summed E-state index contributed by atoms with van der Waals surface area (Å²) in [6.45, 7) is 1.99. The van der Waals surface area contributed by atoms with E-state index in [2.05, 4.69) is 0 Å². The molecular formula is C14H15FO2. The van der Waals surface area contributed by atoms with Crippen molar-refractivity contribution in [3.05, 3.63) is 35.8 Å². The molecule has 0 aliphatic heterocycles. The van der Waals surface area contributed by atoms with Crippen LogP contribution in [0.15, 0.2) is 28.7 Å². The van der Waals surface area contributed by atoms with Crippen LogP contribution in [-0.4, -0.2) is 5.78 Å². The number of carbonyl (C=O) groups is 1. The number of fused-ring (bicyclic) bond motifs is 1. The second-order valence-corrected chi connectivity index (χ2v) is 4.18. The fraction of sp³-hybridized carbons (Fsp3) is 0.357. The molecule has 2 rings (SSSR count). The first-order chi connectivity index (χ1) is 8.19. The van der Waals surface area contributed by atoms with Crippen LogP contribution in [0, 0.1) is 5.82 Å². The first-order valence-corrected chi connectivity index (χ1v) is 5.88. The van der Waals surface area contributed by atoms with Gasteiger partial charge in [0.25, 0.3) is 0 Å². The van der Waals surface area contributed by atoms with Crippen molar-refractivity contribution in [1.82, 2.24) is 0 Å². The molecule has 0 atom stereocenters. The van der Waals surface area contributed by atoms with Gasteiger partial charge < -0.3 is 4.42 Å². The molecule has 0 aliphatic rings. The molecule has 0 spiro atoms. The van der Waals surface area contributed by atoms with Gasteiger partial charge in [0.05, 0.1) is 0 Å². The Labute approximate surface area is 99.4 Å². The second kappa shape index (κ2) is 5.13. The van der Waals surface area contributed by atoms with Gasteiger partial charge in [-0.1, -0.05) is 6.92 Å². The van der Waals surface area contributed by atoms with Gasteiger partial charge in [-0.05, 0) is 30.7 Å². The summed E-state index contributed by atoms with van der Waals surface area (Å²) in [5, 5.41) is 0.753. The average molecular weight is 234 g/mol. The highest BCUT2D eigenvalue weighted by atomic mass is 19.1. The molecule has 0 saturated heterocycles. The number of aryl methyl sites for hydroxylation is 1. The Hall–Kier alpha value is -1.64. The van der Waals surface area contributed by atoms with Crippen LogP contribution < -0.4 is 0 Å². The summed E-state index contributed by atoms with van der Waals surface area (Å²) in [7, 11) is 0. The van der Waals surface area contributed by atoms with Crippen LogP contribution in [0.5, 0.6) is 0 Å². The van der Waals surface area contributed by atoms with Crippen molar-refractivity contribution < 1.29 is 13.6 Å². The number of rotatable bonds is 5. The molecular weight excluding hydrogens is 219 g/mol. The maximum absolute atomic E-state index is 13.0. The highest BCUT2D eigenvalue weighted by Gasteiger charge is 2.07. The van der Waals surface area contributed by atoms with Gasteiger partial charge in [-0.2, -0.15) is 0 Å². The molecule has 1 aromatic heterocycles. The lowest BCUT2D eigenvalue weighted by Crippen LogP contribution is -1.98. The van der Waals surface area contributed by atoms with Gasteiger partial charge in [-0.3, -0.25) is 4.79 Å². The smallest absolute Gasteiger partial charge is 0.134 e. The molecule has 0 unspecified atom stereocenters. The SMILES string of the molecule is CCCC(=O)CCc1cc2cc(F)ccc2o1. The van der Waals surface area contributed by atoms with Crippen LogP contribution in [0.1, 0.15) is 31.9 Å². The number of furan rings is 1. The van der Waals surface area contributed by atoms with Crippen LogP contribution in [0.2, 0.25) is 0 Å². The van der Waals surface area contributed by atoms with E-state index in [1.807, 2.05) is 6.92 Å². The molecule has 0 N–H and O–H groups in total. The summed E-state index contributed by atoms with van der Waals surface area (Å²) >= 11 is 0. The van der Waals surface area contributed by atoms with Crippen molar-refractivity contribution in [2.45, 2.75) is 32.6 Å². The molecule has 0 radical (unpaired) electrons. The topological polar surface area (TPSA) is 30.2 Å². The fourth-order valence-corrected chi connectivity index (χ4v) is 1.86. The van der Waals surface area contributed by atoms with Gasteiger partial charge in [0.1, 0.15) is 22.9 Å². The third-order valence-corrected chi connectivity index (χ3v) is 2.71. The van der Waals surface area contributed by atoms with Crippen LogP contribution in [0.3, 0.4) is 0 Å². The van der Waals surface area contributed by atoms with Crippen molar-refractivity contribution in [3.8, 4) is 0 Å². The van der Waals surface area contributed by atoms with Crippen LogP contribution >= 0.6 is 0 Å². The minimum Gasteiger partial charge on any atom is -0.461 e. The van der Waals surface area contributed by atoms with Gasteiger partial charge >= 0.3 is 0 Å². The van der Waals surface area contributed by atoms with E-state index < -0.39 is 0 Å². The lowest BCUT2D eigenvalue weighted by atomic mass is 10.1. The molecule has 1 heterocycles. The summed E-state index contributed by atoms with van der Waals surface area (Å²) in [5.74, 6) is 0.723. The number of benzene rings is 1. The molecule has 0 amide bonds. The van der Waals surface area contributed by atoms with Crippen molar-refractivity contribution in [3.63, 3.8) is 0 Å². The lowest BCUT2D eigenvalue weighted by molar-refractivity contribution is -0.119. The highest BCUT2D eigenvalue weighted by molar-refractivity contribution is 5.80. The third kappa shape index (κ3) is 2.93. The van der Waals surface area contributed by atoms with E-state index in [9.17, 15) is 9.18 Å². The predicted molar refractivity (Wildman–Crippen MR) is 64.4 cm³/mol. The number of ketones is 1. The zero-order valence-corrected chi connectivity index (χ0v) is 9.83. The Morgan fingerprint density at radius 1 is 1.29 bits per heavy atom. The minimum absolute atomic E-state index is 0.249. The quantitative estimate of drug-likeness (QED) is 0.786. The third-order valence-electron chi connectivity index (χ3n) is 2.71. The van der Waals surface area contributed by atoms with E-state index in [4.69, 9.17) is 4.42 Å². The Morgan fingerprint density at radius 2 is 2.12 bits per heavy atom. The monoisotopic (exact) mass is 234 g/mol. The zero-order valence-electron chi connectivity index (χ0n) is 9.83. The minimum atomic E-state index is -0.271. The van der Waals surface area contributed by atoms with Gasteiger partial charge in [-0.15, -0.1) is 0 Å². The van der Waals surface area contributed by atoms with E-state index in [1.54, 1.807) is 12.1 Å². The van der Waals surface area contributed by atoms with E-state index >= 15 is 0 Å². The largest absolute Gasteiger partial charge is 0.461 e. The zero-order chi connectivity index (χ0) is 12.3. The Balaban J connectivity index is 2.07. The second-order valence-electron chi connectivity index (χ2n) is 4.18. The number of hydrogen-bond donors (Lipinski definition) is 0. The molecule has 90 valence electrons. The van der Waals surface area contributed by atoms with Gasteiger partial charge in [-0.25, -0.2) is 4.39 Å². The molecule has 1 aromatic carbocycles. The highest BCUT2D eigenvalue weighted by Crippen LogP contribution is 2.21. The molecule has 0 aliphatic carbocycles. The van der Waals surface area contributed by atoms with Crippen LogP contribution in [-0.2, 0) is 11.2 Å². The molecule has 3 heteroatoms. The van der Waals surface area contributed by atoms with Crippen LogP contribution in [0.4, 0.5) is 4.39 Å². The molecule has 17 heavy (non-hydrogen) atoms. The fourth-order valence-electron chi connectivity index (χ4n) is 1.86. The molecule has 2 aromatic rings. The van der Waals surface area contributed by atoms with Crippen molar-refractivity contribution in [2.24, 2.45) is 0 Å². The average Bonchev–Trinajstić information content (AvgIpc) is 2.68. The molecule has 0 fully saturated rings. The summed E-state index contributed by atoms with van der Waals surface area (Å²) in [6, 6.07) is 6.23. The first-order valence-electron chi connectivity index (χ1n) is 5.88. The Kier molecular flexibility index (Phi) is 3.57.